The van der Waals surface area contributed by atoms with Crippen molar-refractivity contribution in [2.75, 3.05) is 6.61 Å². The second-order valence-corrected chi connectivity index (χ2v) is 5.62. The lowest BCUT2D eigenvalue weighted by Crippen LogP contribution is -2.29. The number of hydrogen-bond donors (Lipinski definition) is 1. The third-order valence-electron chi connectivity index (χ3n) is 4.03. The number of unbranched alkanes of at least 4 members (excludes halogenated alkanes) is 4. The second-order valence-electron chi connectivity index (χ2n) is 5.62. The highest BCUT2D eigenvalue weighted by Crippen LogP contribution is 2.29. The molecule has 0 spiro atoms. The van der Waals surface area contributed by atoms with Gasteiger partial charge in [-0.3, -0.25) is 0 Å². The fraction of sp³-hybridized carbons (Fsp3) is 0.556. The quantitative estimate of drug-likeness (QED) is 0.711. The van der Waals surface area contributed by atoms with Crippen molar-refractivity contribution in [2.24, 2.45) is 5.92 Å². The lowest BCUT2D eigenvalue weighted by Gasteiger charge is -2.27. The van der Waals surface area contributed by atoms with E-state index in [0.717, 1.165) is 17.7 Å². The molecule has 2 nitrogen and oxygen atoms in total. The molecule has 0 aromatic heterocycles. The first kappa shape index (κ1) is 15.1. The monoisotopic (exact) mass is 274 g/mol. The molecule has 2 unspecified atom stereocenters. The summed E-state index contributed by atoms with van der Waals surface area (Å²) in [5.74, 6) is 1.14. The Morgan fingerprint density at radius 1 is 1.15 bits per heavy atom. The molecule has 1 aromatic carbocycles. The first-order chi connectivity index (χ1) is 9.85. The van der Waals surface area contributed by atoms with Crippen molar-refractivity contribution in [3.8, 4) is 5.75 Å². The van der Waals surface area contributed by atoms with Crippen molar-refractivity contribution in [1.82, 2.24) is 0 Å². The van der Waals surface area contributed by atoms with E-state index in [9.17, 15) is 5.11 Å². The smallest absolute Gasteiger partial charge is 0.127 e. The maximum atomic E-state index is 9.62. The fourth-order valence-corrected chi connectivity index (χ4v) is 2.73. The van der Waals surface area contributed by atoms with Gasteiger partial charge in [0, 0.05) is 18.1 Å². The molecule has 1 aromatic rings. The molecular weight excluding hydrogens is 248 g/mol. The SMILES string of the molecule is CCCCCCCC(CO)C1C=Cc2ccccc2O1. The standard InChI is InChI=1S/C18H26O2/c1-2-3-4-5-6-10-16(14-19)18-13-12-15-9-7-8-11-17(15)20-18/h7-9,11-13,16,18-19H,2-6,10,14H2,1H3. The van der Waals surface area contributed by atoms with Crippen LogP contribution < -0.4 is 4.74 Å². The number of para-hydroxylation sites is 1. The highest BCUT2D eigenvalue weighted by atomic mass is 16.5. The number of fused-ring (bicyclic) bond motifs is 1. The van der Waals surface area contributed by atoms with Crippen LogP contribution in [0.15, 0.2) is 30.3 Å². The summed E-state index contributed by atoms with van der Waals surface area (Å²) in [6.45, 7) is 2.43. The Labute approximate surface area is 122 Å². The Morgan fingerprint density at radius 2 is 1.95 bits per heavy atom. The molecule has 1 heterocycles. The van der Waals surface area contributed by atoms with Gasteiger partial charge in [0.1, 0.15) is 11.9 Å². The van der Waals surface area contributed by atoms with Gasteiger partial charge in [-0.15, -0.1) is 0 Å². The van der Waals surface area contributed by atoms with Gasteiger partial charge < -0.3 is 9.84 Å². The minimum Gasteiger partial charge on any atom is -0.485 e. The summed E-state index contributed by atoms with van der Waals surface area (Å²) >= 11 is 0. The molecule has 0 bridgehead atoms. The van der Waals surface area contributed by atoms with Crippen molar-refractivity contribution < 1.29 is 9.84 Å². The van der Waals surface area contributed by atoms with Crippen LogP contribution in [0.25, 0.3) is 6.08 Å². The summed E-state index contributed by atoms with van der Waals surface area (Å²) < 4.78 is 6.02. The first-order valence-corrected chi connectivity index (χ1v) is 7.90. The van der Waals surface area contributed by atoms with Crippen LogP contribution in [0.4, 0.5) is 0 Å². The Kier molecular flexibility index (Phi) is 6.13. The predicted molar refractivity (Wildman–Crippen MR) is 83.8 cm³/mol. The molecule has 1 aliphatic rings. The molecule has 2 rings (SSSR count). The van der Waals surface area contributed by atoms with Crippen LogP contribution >= 0.6 is 0 Å². The molecule has 0 amide bonds. The van der Waals surface area contributed by atoms with E-state index >= 15 is 0 Å². The van der Waals surface area contributed by atoms with Crippen LogP contribution in [0.5, 0.6) is 5.75 Å². The number of aliphatic hydroxyl groups is 1. The molecule has 0 fully saturated rings. The second kappa shape index (κ2) is 8.11. The summed E-state index contributed by atoms with van der Waals surface area (Å²) in [5.41, 5.74) is 1.13. The van der Waals surface area contributed by atoms with Gasteiger partial charge in [-0.05, 0) is 18.6 Å². The van der Waals surface area contributed by atoms with Gasteiger partial charge in [0.15, 0.2) is 0 Å². The van der Waals surface area contributed by atoms with E-state index in [4.69, 9.17) is 4.74 Å². The van der Waals surface area contributed by atoms with Gasteiger partial charge in [-0.2, -0.15) is 0 Å². The Morgan fingerprint density at radius 3 is 2.75 bits per heavy atom. The van der Waals surface area contributed by atoms with Crippen LogP contribution in [0.1, 0.15) is 51.0 Å². The number of hydrogen-bond acceptors (Lipinski definition) is 2. The molecule has 110 valence electrons. The highest BCUT2D eigenvalue weighted by molar-refractivity contribution is 5.59. The van der Waals surface area contributed by atoms with E-state index < -0.39 is 0 Å². The van der Waals surface area contributed by atoms with Gasteiger partial charge in [0.2, 0.25) is 0 Å². The minimum atomic E-state index is 0.0149. The number of ether oxygens (including phenoxy) is 1. The summed E-state index contributed by atoms with van der Waals surface area (Å²) in [4.78, 5) is 0. The average molecular weight is 274 g/mol. The molecule has 0 radical (unpaired) electrons. The summed E-state index contributed by atoms with van der Waals surface area (Å²) in [5, 5.41) is 9.62. The van der Waals surface area contributed by atoms with Crippen LogP contribution in [-0.2, 0) is 0 Å². The lowest BCUT2D eigenvalue weighted by molar-refractivity contribution is 0.108. The van der Waals surface area contributed by atoms with E-state index in [0.29, 0.717) is 0 Å². The third-order valence-corrected chi connectivity index (χ3v) is 4.03. The van der Waals surface area contributed by atoms with E-state index in [-0.39, 0.29) is 18.6 Å². The summed E-state index contributed by atoms with van der Waals surface area (Å²) in [6, 6.07) is 8.07. The van der Waals surface area contributed by atoms with Gasteiger partial charge in [-0.25, -0.2) is 0 Å². The fourth-order valence-electron chi connectivity index (χ4n) is 2.73. The molecule has 0 aliphatic carbocycles. The zero-order valence-electron chi connectivity index (χ0n) is 12.4. The summed E-state index contributed by atoms with van der Waals surface area (Å²) in [7, 11) is 0. The predicted octanol–water partition coefficient (Wildman–Crippen LogP) is 4.43. The van der Waals surface area contributed by atoms with Gasteiger partial charge >= 0.3 is 0 Å². The molecule has 20 heavy (non-hydrogen) atoms. The minimum absolute atomic E-state index is 0.0149. The molecule has 2 heteroatoms. The zero-order chi connectivity index (χ0) is 14.2. The Balaban J connectivity index is 1.84. The number of aliphatic hydroxyl groups excluding tert-OH is 1. The van der Waals surface area contributed by atoms with Crippen molar-refractivity contribution in [3.05, 3.63) is 35.9 Å². The van der Waals surface area contributed by atoms with Crippen LogP contribution in [0.3, 0.4) is 0 Å². The number of rotatable bonds is 8. The topological polar surface area (TPSA) is 29.5 Å². The molecule has 1 aliphatic heterocycles. The van der Waals surface area contributed by atoms with Crippen molar-refractivity contribution in [3.63, 3.8) is 0 Å². The molecule has 0 saturated carbocycles. The van der Waals surface area contributed by atoms with Gasteiger partial charge in [0.25, 0.3) is 0 Å². The lowest BCUT2D eigenvalue weighted by atomic mass is 9.93. The maximum Gasteiger partial charge on any atom is 0.127 e. The van der Waals surface area contributed by atoms with Crippen LogP contribution in [0, 0.1) is 5.92 Å². The van der Waals surface area contributed by atoms with Crippen molar-refractivity contribution >= 4 is 6.08 Å². The summed E-state index contributed by atoms with van der Waals surface area (Å²) in [6.07, 6.45) is 11.6. The first-order valence-electron chi connectivity index (χ1n) is 7.90. The Bertz CT molecular complexity index is 425. The third kappa shape index (κ3) is 4.11. The molecular formula is C18H26O2. The Hall–Kier alpha value is -1.28. The van der Waals surface area contributed by atoms with Crippen LogP contribution in [-0.4, -0.2) is 17.8 Å². The van der Waals surface area contributed by atoms with Gasteiger partial charge in [-0.1, -0.05) is 63.3 Å². The van der Waals surface area contributed by atoms with Gasteiger partial charge in [0.05, 0.1) is 0 Å². The molecule has 1 N–H and O–H groups in total. The normalized spacial score (nSPS) is 18.4. The number of benzene rings is 1. The van der Waals surface area contributed by atoms with Crippen molar-refractivity contribution in [2.45, 2.75) is 51.6 Å². The van der Waals surface area contributed by atoms with E-state index in [1.807, 2.05) is 18.2 Å². The van der Waals surface area contributed by atoms with E-state index in [2.05, 4.69) is 25.1 Å². The highest BCUT2D eigenvalue weighted by Gasteiger charge is 2.23. The van der Waals surface area contributed by atoms with Crippen LogP contribution in [0.2, 0.25) is 0 Å². The zero-order valence-corrected chi connectivity index (χ0v) is 12.4. The van der Waals surface area contributed by atoms with E-state index in [1.54, 1.807) is 0 Å². The van der Waals surface area contributed by atoms with E-state index in [1.165, 1.54) is 32.1 Å². The largest absolute Gasteiger partial charge is 0.485 e. The molecule has 0 saturated heterocycles. The van der Waals surface area contributed by atoms with Crippen molar-refractivity contribution in [1.29, 1.82) is 0 Å². The maximum absolute atomic E-state index is 9.62. The molecule has 2 atom stereocenters. The average Bonchev–Trinajstić information content (AvgIpc) is 2.50.